The van der Waals surface area contributed by atoms with E-state index in [0.717, 1.165) is 10.4 Å². The van der Waals surface area contributed by atoms with Crippen LogP contribution in [0.15, 0.2) is 18.2 Å². The smallest absolute Gasteiger partial charge is 0.341 e. The maximum atomic E-state index is 12.5. The molecule has 1 aromatic heterocycles. The monoisotopic (exact) mass is 385 g/mol. The maximum absolute atomic E-state index is 12.5. The Labute approximate surface area is 154 Å². The van der Waals surface area contributed by atoms with Gasteiger partial charge in [-0.25, -0.2) is 4.79 Å². The van der Waals surface area contributed by atoms with Gasteiger partial charge in [-0.05, 0) is 44.0 Å². The number of carbonyl (C=O) groups is 2. The van der Waals surface area contributed by atoms with Gasteiger partial charge < -0.3 is 10.1 Å². The molecule has 2 aromatic rings. The van der Waals surface area contributed by atoms with Gasteiger partial charge >= 0.3 is 5.97 Å². The van der Waals surface area contributed by atoms with Gasteiger partial charge in [0, 0.05) is 9.90 Å². The normalized spacial score (nSPS) is 10.5. The van der Waals surface area contributed by atoms with Crippen molar-refractivity contribution in [1.82, 2.24) is 0 Å². The number of ether oxygens (including phenoxy) is 1. The molecule has 1 aromatic carbocycles. The van der Waals surface area contributed by atoms with Crippen molar-refractivity contribution >= 4 is 51.4 Å². The van der Waals surface area contributed by atoms with Crippen molar-refractivity contribution in [1.29, 1.82) is 0 Å². The molecule has 2 rings (SSSR count). The fourth-order valence-corrected chi connectivity index (χ4v) is 3.98. The van der Waals surface area contributed by atoms with Crippen LogP contribution in [0.5, 0.6) is 0 Å². The van der Waals surface area contributed by atoms with Crippen LogP contribution in [0.25, 0.3) is 0 Å². The second-order valence-electron chi connectivity index (χ2n) is 4.99. The van der Waals surface area contributed by atoms with Gasteiger partial charge in [0.25, 0.3) is 5.91 Å². The summed E-state index contributed by atoms with van der Waals surface area (Å²) in [4.78, 5) is 25.8. The van der Waals surface area contributed by atoms with Crippen molar-refractivity contribution in [3.63, 3.8) is 0 Å². The van der Waals surface area contributed by atoms with E-state index in [1.807, 2.05) is 13.8 Å². The van der Waals surface area contributed by atoms with E-state index < -0.39 is 11.9 Å². The van der Waals surface area contributed by atoms with E-state index in [0.29, 0.717) is 27.6 Å². The van der Waals surface area contributed by atoms with Crippen molar-refractivity contribution in [2.45, 2.75) is 27.2 Å². The SMILES string of the molecule is CCOC(=O)c1c(NC(=O)c2ccc(Cl)cc2Cl)sc(C)c1CC. The molecule has 4 nitrogen and oxygen atoms in total. The lowest BCUT2D eigenvalue weighted by Crippen LogP contribution is -2.15. The number of rotatable bonds is 5. The molecular weight excluding hydrogens is 369 g/mol. The molecule has 0 atom stereocenters. The highest BCUT2D eigenvalue weighted by Crippen LogP contribution is 2.35. The Kier molecular flexibility index (Phi) is 6.27. The standard InChI is InChI=1S/C17H17Cl2NO3S/c1-4-11-9(3)24-16(14(11)17(22)23-5-2)20-15(21)12-7-6-10(18)8-13(12)19/h6-8H,4-5H2,1-3H3,(H,20,21). The molecule has 0 saturated heterocycles. The topological polar surface area (TPSA) is 55.4 Å². The molecule has 128 valence electrons. The summed E-state index contributed by atoms with van der Waals surface area (Å²) >= 11 is 13.3. The van der Waals surface area contributed by atoms with Gasteiger partial charge in [0.15, 0.2) is 0 Å². The predicted molar refractivity (Wildman–Crippen MR) is 98.8 cm³/mol. The second kappa shape index (κ2) is 8.01. The molecule has 0 aliphatic carbocycles. The zero-order valence-corrected chi connectivity index (χ0v) is 15.9. The molecule has 0 aliphatic heterocycles. The Morgan fingerprint density at radius 3 is 2.54 bits per heavy atom. The largest absolute Gasteiger partial charge is 0.462 e. The molecule has 0 saturated carbocycles. The van der Waals surface area contributed by atoms with Gasteiger partial charge in [-0.2, -0.15) is 0 Å². The minimum Gasteiger partial charge on any atom is -0.462 e. The van der Waals surface area contributed by atoms with E-state index in [9.17, 15) is 9.59 Å². The van der Waals surface area contributed by atoms with E-state index in [1.165, 1.54) is 17.4 Å². The minimum absolute atomic E-state index is 0.252. The Bertz CT molecular complexity index is 786. The van der Waals surface area contributed by atoms with E-state index in [4.69, 9.17) is 27.9 Å². The summed E-state index contributed by atoms with van der Waals surface area (Å²) in [6.07, 6.45) is 0.675. The molecule has 0 bridgehead atoms. The highest BCUT2D eigenvalue weighted by molar-refractivity contribution is 7.16. The number of amides is 1. The number of hydrogen-bond donors (Lipinski definition) is 1. The summed E-state index contributed by atoms with van der Waals surface area (Å²) in [7, 11) is 0. The van der Waals surface area contributed by atoms with E-state index in [1.54, 1.807) is 19.1 Å². The number of thiophene rings is 1. The summed E-state index contributed by atoms with van der Waals surface area (Å²) in [6.45, 7) is 5.89. The molecule has 1 amide bonds. The summed E-state index contributed by atoms with van der Waals surface area (Å²) in [6, 6.07) is 4.64. The molecule has 1 heterocycles. The summed E-state index contributed by atoms with van der Waals surface area (Å²) in [5.74, 6) is -0.831. The van der Waals surface area contributed by atoms with Crippen LogP contribution in [0.2, 0.25) is 10.0 Å². The van der Waals surface area contributed by atoms with E-state index >= 15 is 0 Å². The van der Waals surface area contributed by atoms with Gasteiger partial charge in [0.2, 0.25) is 0 Å². The minimum atomic E-state index is -0.434. The van der Waals surface area contributed by atoms with E-state index in [2.05, 4.69) is 5.32 Å². The van der Waals surface area contributed by atoms with Crippen molar-refractivity contribution in [3.8, 4) is 0 Å². The number of carbonyl (C=O) groups excluding carboxylic acids is 2. The number of anilines is 1. The van der Waals surface area contributed by atoms with Crippen molar-refractivity contribution in [3.05, 3.63) is 49.8 Å². The van der Waals surface area contributed by atoms with Crippen molar-refractivity contribution in [2.75, 3.05) is 11.9 Å². The lowest BCUT2D eigenvalue weighted by molar-refractivity contribution is 0.0527. The van der Waals surface area contributed by atoms with Crippen LogP contribution in [-0.4, -0.2) is 18.5 Å². The number of esters is 1. The van der Waals surface area contributed by atoms with E-state index in [-0.39, 0.29) is 11.6 Å². The molecule has 7 heteroatoms. The first-order chi connectivity index (χ1) is 11.4. The third-order valence-corrected chi connectivity index (χ3v) is 5.06. The average Bonchev–Trinajstić information content (AvgIpc) is 2.82. The van der Waals surface area contributed by atoms with Crippen LogP contribution < -0.4 is 5.32 Å². The molecule has 0 fully saturated rings. The number of nitrogens with one attached hydrogen (secondary N) is 1. The molecule has 0 radical (unpaired) electrons. The molecule has 0 spiro atoms. The average molecular weight is 386 g/mol. The Morgan fingerprint density at radius 2 is 1.96 bits per heavy atom. The molecule has 0 aliphatic rings. The third-order valence-electron chi connectivity index (χ3n) is 3.44. The van der Waals surface area contributed by atoms with Crippen molar-refractivity contribution in [2.24, 2.45) is 0 Å². The predicted octanol–water partition coefficient (Wildman–Crippen LogP) is 5.35. The van der Waals surface area contributed by atoms with Crippen LogP contribution in [0, 0.1) is 6.92 Å². The van der Waals surface area contributed by atoms with Gasteiger partial charge in [-0.3, -0.25) is 4.79 Å². The van der Waals surface area contributed by atoms with Gasteiger partial charge in [0.05, 0.1) is 22.8 Å². The fourth-order valence-electron chi connectivity index (χ4n) is 2.36. The van der Waals surface area contributed by atoms with Crippen LogP contribution in [0.3, 0.4) is 0 Å². The number of benzene rings is 1. The molecule has 1 N–H and O–H groups in total. The second-order valence-corrected chi connectivity index (χ2v) is 7.06. The lowest BCUT2D eigenvalue weighted by Gasteiger charge is -2.09. The number of halogens is 2. The Hall–Kier alpha value is -1.56. The highest BCUT2D eigenvalue weighted by Gasteiger charge is 2.24. The lowest BCUT2D eigenvalue weighted by atomic mass is 10.1. The first-order valence-electron chi connectivity index (χ1n) is 7.44. The molecule has 24 heavy (non-hydrogen) atoms. The van der Waals surface area contributed by atoms with Gasteiger partial charge in [-0.1, -0.05) is 30.1 Å². The summed E-state index contributed by atoms with van der Waals surface area (Å²) in [5.41, 5.74) is 1.59. The quantitative estimate of drug-likeness (QED) is 0.705. The zero-order chi connectivity index (χ0) is 17.9. The Morgan fingerprint density at radius 1 is 1.25 bits per heavy atom. The van der Waals surface area contributed by atoms with Crippen LogP contribution in [0.1, 0.15) is 45.0 Å². The Balaban J connectivity index is 2.38. The van der Waals surface area contributed by atoms with Gasteiger partial charge in [0.1, 0.15) is 5.00 Å². The zero-order valence-electron chi connectivity index (χ0n) is 13.5. The van der Waals surface area contributed by atoms with Crippen LogP contribution in [-0.2, 0) is 11.2 Å². The number of hydrogen-bond acceptors (Lipinski definition) is 4. The summed E-state index contributed by atoms with van der Waals surface area (Å²) in [5, 5.41) is 3.94. The summed E-state index contributed by atoms with van der Waals surface area (Å²) < 4.78 is 5.12. The highest BCUT2D eigenvalue weighted by atomic mass is 35.5. The third kappa shape index (κ3) is 3.91. The fraction of sp³-hybridized carbons (Fsp3) is 0.294. The first-order valence-corrected chi connectivity index (χ1v) is 9.02. The molecule has 0 unspecified atom stereocenters. The molecular formula is C17H17Cl2NO3S. The first kappa shape index (κ1) is 18.8. The van der Waals surface area contributed by atoms with Crippen LogP contribution >= 0.6 is 34.5 Å². The van der Waals surface area contributed by atoms with Gasteiger partial charge in [-0.15, -0.1) is 11.3 Å². The number of aryl methyl sites for hydroxylation is 1. The maximum Gasteiger partial charge on any atom is 0.341 e. The van der Waals surface area contributed by atoms with Crippen molar-refractivity contribution < 1.29 is 14.3 Å². The van der Waals surface area contributed by atoms with Crippen LogP contribution in [0.4, 0.5) is 5.00 Å².